The number of rotatable bonds is 4. The van der Waals surface area contributed by atoms with Gasteiger partial charge in [0.2, 0.25) is 0 Å². The summed E-state index contributed by atoms with van der Waals surface area (Å²) in [5, 5.41) is 12.4. The van der Waals surface area contributed by atoms with Gasteiger partial charge in [0.15, 0.2) is 0 Å². The smallest absolute Gasteiger partial charge is 0.0681 e. The van der Waals surface area contributed by atoms with Crippen molar-refractivity contribution in [3.8, 4) is 0 Å². The molecule has 2 aromatic rings. The summed E-state index contributed by atoms with van der Waals surface area (Å²) in [5.41, 5.74) is 3.21. The minimum absolute atomic E-state index is 0.0848. The Balaban J connectivity index is 2.08. The molecule has 0 heterocycles. The number of halogens is 1. The molecule has 3 heteroatoms. The molecule has 1 unspecified atom stereocenters. The molecule has 0 fully saturated rings. The number of aliphatic hydroxyl groups excluding tert-OH is 1. The van der Waals surface area contributed by atoms with Gasteiger partial charge in [-0.3, -0.25) is 0 Å². The van der Waals surface area contributed by atoms with E-state index in [0.717, 1.165) is 15.7 Å². The van der Waals surface area contributed by atoms with Gasteiger partial charge in [-0.2, -0.15) is 0 Å². The molecule has 2 N–H and O–H groups in total. The predicted octanol–water partition coefficient (Wildman–Crippen LogP) is 4.11. The van der Waals surface area contributed by atoms with Gasteiger partial charge >= 0.3 is 0 Å². The van der Waals surface area contributed by atoms with Crippen molar-refractivity contribution in [3.05, 3.63) is 64.1 Å². The molecule has 0 aliphatic rings. The van der Waals surface area contributed by atoms with Crippen LogP contribution in [0.1, 0.15) is 24.1 Å². The number of anilines is 1. The molecule has 0 saturated carbocycles. The summed E-state index contributed by atoms with van der Waals surface area (Å²) in [5.74, 6) is 0. The zero-order chi connectivity index (χ0) is 13.0. The Morgan fingerprint density at radius 3 is 2.50 bits per heavy atom. The molecule has 0 aliphatic carbocycles. The highest BCUT2D eigenvalue weighted by atomic mass is 79.9. The third kappa shape index (κ3) is 3.34. The van der Waals surface area contributed by atoms with Crippen molar-refractivity contribution in [2.75, 3.05) is 5.32 Å². The summed E-state index contributed by atoms with van der Waals surface area (Å²) in [7, 11) is 0. The van der Waals surface area contributed by atoms with Gasteiger partial charge in [0.25, 0.3) is 0 Å². The van der Waals surface area contributed by atoms with E-state index < -0.39 is 0 Å². The first kappa shape index (κ1) is 13.1. The van der Waals surface area contributed by atoms with Crippen LogP contribution < -0.4 is 5.32 Å². The molecular formula is C15H16BrNO. The van der Waals surface area contributed by atoms with E-state index in [1.807, 2.05) is 36.4 Å². The first-order valence-corrected chi connectivity index (χ1v) is 6.70. The van der Waals surface area contributed by atoms with Crippen LogP contribution >= 0.6 is 15.9 Å². The lowest BCUT2D eigenvalue weighted by Gasteiger charge is -2.16. The second-order valence-corrected chi connectivity index (χ2v) is 5.19. The van der Waals surface area contributed by atoms with E-state index in [1.54, 1.807) is 0 Å². The Morgan fingerprint density at radius 1 is 1.17 bits per heavy atom. The summed E-state index contributed by atoms with van der Waals surface area (Å²) in [4.78, 5) is 0. The van der Waals surface area contributed by atoms with E-state index in [-0.39, 0.29) is 12.6 Å². The van der Waals surface area contributed by atoms with Gasteiger partial charge in [0.1, 0.15) is 0 Å². The largest absolute Gasteiger partial charge is 0.392 e. The van der Waals surface area contributed by atoms with Gasteiger partial charge in [-0.25, -0.2) is 0 Å². The molecule has 2 nitrogen and oxygen atoms in total. The van der Waals surface area contributed by atoms with Crippen LogP contribution in [0.25, 0.3) is 0 Å². The van der Waals surface area contributed by atoms with Crippen LogP contribution in [0.3, 0.4) is 0 Å². The zero-order valence-corrected chi connectivity index (χ0v) is 11.8. The van der Waals surface area contributed by atoms with Crippen LogP contribution in [-0.2, 0) is 6.61 Å². The van der Waals surface area contributed by atoms with Crippen LogP contribution in [0.4, 0.5) is 5.69 Å². The lowest BCUT2D eigenvalue weighted by atomic mass is 10.1. The molecule has 2 aromatic carbocycles. The van der Waals surface area contributed by atoms with Crippen molar-refractivity contribution >= 4 is 21.6 Å². The number of hydrogen-bond donors (Lipinski definition) is 2. The van der Waals surface area contributed by atoms with Crippen LogP contribution in [0.15, 0.2) is 53.0 Å². The molecule has 94 valence electrons. The van der Waals surface area contributed by atoms with Crippen molar-refractivity contribution in [1.29, 1.82) is 0 Å². The summed E-state index contributed by atoms with van der Waals surface area (Å²) in [6.07, 6.45) is 0. The minimum Gasteiger partial charge on any atom is -0.392 e. The molecule has 0 aliphatic heterocycles. The highest BCUT2D eigenvalue weighted by Gasteiger charge is 2.05. The van der Waals surface area contributed by atoms with Gasteiger partial charge in [0.05, 0.1) is 6.61 Å². The van der Waals surface area contributed by atoms with Crippen molar-refractivity contribution in [3.63, 3.8) is 0 Å². The number of aliphatic hydroxyl groups is 1. The molecule has 18 heavy (non-hydrogen) atoms. The van der Waals surface area contributed by atoms with Crippen molar-refractivity contribution in [1.82, 2.24) is 0 Å². The Bertz CT molecular complexity index is 510. The summed E-state index contributed by atoms with van der Waals surface area (Å²) in [6.45, 7) is 2.21. The van der Waals surface area contributed by atoms with Gasteiger partial charge in [-0.05, 0) is 42.3 Å². The maximum Gasteiger partial charge on any atom is 0.0681 e. The van der Waals surface area contributed by atoms with E-state index in [4.69, 9.17) is 5.11 Å². The van der Waals surface area contributed by atoms with E-state index in [2.05, 4.69) is 40.3 Å². The van der Waals surface area contributed by atoms with Gasteiger partial charge in [-0.1, -0.05) is 40.2 Å². The van der Waals surface area contributed by atoms with Crippen molar-refractivity contribution < 1.29 is 5.11 Å². The fraction of sp³-hybridized carbons (Fsp3) is 0.200. The molecule has 0 aromatic heterocycles. The molecule has 0 radical (unpaired) electrons. The monoisotopic (exact) mass is 305 g/mol. The SMILES string of the molecule is CC(Nc1ccc(CO)cc1)c1cccc(Br)c1. The third-order valence-electron chi connectivity index (χ3n) is 2.87. The maximum absolute atomic E-state index is 8.99. The number of nitrogens with one attached hydrogen (secondary N) is 1. The highest BCUT2D eigenvalue weighted by Crippen LogP contribution is 2.22. The second kappa shape index (κ2) is 6.03. The normalized spacial score (nSPS) is 12.2. The van der Waals surface area contributed by atoms with Gasteiger partial charge in [0, 0.05) is 16.2 Å². The Labute approximate surface area is 116 Å². The minimum atomic E-state index is 0.0848. The van der Waals surface area contributed by atoms with E-state index in [1.165, 1.54) is 5.56 Å². The van der Waals surface area contributed by atoms with E-state index >= 15 is 0 Å². The quantitative estimate of drug-likeness (QED) is 0.891. The lowest BCUT2D eigenvalue weighted by Crippen LogP contribution is -2.06. The molecule has 0 spiro atoms. The zero-order valence-electron chi connectivity index (χ0n) is 10.2. The molecule has 0 amide bonds. The molecule has 1 atom stereocenters. The fourth-order valence-corrected chi connectivity index (χ4v) is 2.23. The van der Waals surface area contributed by atoms with E-state index in [9.17, 15) is 0 Å². The number of hydrogen-bond acceptors (Lipinski definition) is 2. The Morgan fingerprint density at radius 2 is 1.89 bits per heavy atom. The first-order valence-electron chi connectivity index (χ1n) is 5.91. The van der Waals surface area contributed by atoms with Crippen LogP contribution in [0.5, 0.6) is 0 Å². The van der Waals surface area contributed by atoms with Gasteiger partial charge in [-0.15, -0.1) is 0 Å². The standard InChI is InChI=1S/C15H16BrNO/c1-11(13-3-2-4-14(16)9-13)17-15-7-5-12(10-18)6-8-15/h2-9,11,17-18H,10H2,1H3. The van der Waals surface area contributed by atoms with Crippen LogP contribution in [0.2, 0.25) is 0 Å². The number of benzene rings is 2. The van der Waals surface area contributed by atoms with Crippen LogP contribution in [-0.4, -0.2) is 5.11 Å². The molecular weight excluding hydrogens is 290 g/mol. The molecule has 0 bridgehead atoms. The third-order valence-corrected chi connectivity index (χ3v) is 3.36. The lowest BCUT2D eigenvalue weighted by molar-refractivity contribution is 0.282. The predicted molar refractivity (Wildman–Crippen MR) is 78.5 cm³/mol. The van der Waals surface area contributed by atoms with Crippen LogP contribution in [0, 0.1) is 0 Å². The summed E-state index contributed by atoms with van der Waals surface area (Å²) < 4.78 is 1.09. The van der Waals surface area contributed by atoms with Crippen molar-refractivity contribution in [2.45, 2.75) is 19.6 Å². The van der Waals surface area contributed by atoms with Crippen molar-refractivity contribution in [2.24, 2.45) is 0 Å². The Hall–Kier alpha value is -1.32. The average molecular weight is 306 g/mol. The maximum atomic E-state index is 8.99. The molecule has 0 saturated heterocycles. The second-order valence-electron chi connectivity index (χ2n) is 4.28. The topological polar surface area (TPSA) is 32.3 Å². The summed E-state index contributed by atoms with van der Waals surface area (Å²) in [6, 6.07) is 16.3. The fourth-order valence-electron chi connectivity index (χ4n) is 1.82. The highest BCUT2D eigenvalue weighted by molar-refractivity contribution is 9.10. The first-order chi connectivity index (χ1) is 8.69. The molecule has 2 rings (SSSR count). The summed E-state index contributed by atoms with van der Waals surface area (Å²) >= 11 is 3.48. The van der Waals surface area contributed by atoms with E-state index in [0.29, 0.717) is 0 Å². The van der Waals surface area contributed by atoms with Gasteiger partial charge < -0.3 is 10.4 Å². The Kier molecular flexibility index (Phi) is 4.39. The average Bonchev–Trinajstić information content (AvgIpc) is 2.39.